The van der Waals surface area contributed by atoms with Crippen molar-refractivity contribution in [3.05, 3.63) is 16.2 Å². The summed E-state index contributed by atoms with van der Waals surface area (Å²) in [6.07, 6.45) is 4.70. The van der Waals surface area contributed by atoms with Crippen molar-refractivity contribution in [3.63, 3.8) is 0 Å². The molecule has 2 aromatic heterocycles. The number of aromatic nitrogens is 4. The highest BCUT2D eigenvalue weighted by Gasteiger charge is 2.18. The van der Waals surface area contributed by atoms with Gasteiger partial charge in [0.2, 0.25) is 0 Å². The minimum absolute atomic E-state index is 0.0183. The molecule has 0 fully saturated rings. The molecule has 96 valence electrons. The molecule has 1 aliphatic rings. The molecule has 0 saturated heterocycles. The van der Waals surface area contributed by atoms with Crippen LogP contribution in [0.15, 0.2) is 5.38 Å². The second-order valence-electron chi connectivity index (χ2n) is 4.76. The third-order valence-corrected chi connectivity index (χ3v) is 4.30. The topological polar surface area (TPSA) is 69.6 Å². The lowest BCUT2D eigenvalue weighted by molar-refractivity contribution is 0.636. The van der Waals surface area contributed by atoms with E-state index in [1.807, 2.05) is 12.3 Å². The minimum atomic E-state index is -0.0183. The second kappa shape index (κ2) is 4.78. The zero-order chi connectivity index (χ0) is 12.5. The highest BCUT2D eigenvalue weighted by molar-refractivity contribution is 7.10. The number of nitrogens with two attached hydrogens (primary N) is 1. The van der Waals surface area contributed by atoms with Crippen molar-refractivity contribution in [3.8, 4) is 11.5 Å². The van der Waals surface area contributed by atoms with E-state index in [4.69, 9.17) is 5.73 Å². The lowest BCUT2D eigenvalue weighted by atomic mass is 10.2. The standard InChI is InChI=1S/C12H17N5S/c1-8(13)12-14-9(7-18-12)11-16-15-10-5-3-2-4-6-17(10)11/h7-8H,2-6,13H2,1H3. The maximum absolute atomic E-state index is 5.85. The van der Waals surface area contributed by atoms with Gasteiger partial charge in [0.05, 0.1) is 6.04 Å². The maximum atomic E-state index is 5.85. The van der Waals surface area contributed by atoms with Gasteiger partial charge in [-0.2, -0.15) is 0 Å². The molecule has 2 aromatic rings. The highest BCUT2D eigenvalue weighted by atomic mass is 32.1. The summed E-state index contributed by atoms with van der Waals surface area (Å²) < 4.78 is 2.22. The average molecular weight is 263 g/mol. The van der Waals surface area contributed by atoms with Crippen molar-refractivity contribution >= 4 is 11.3 Å². The summed E-state index contributed by atoms with van der Waals surface area (Å²) >= 11 is 1.59. The van der Waals surface area contributed by atoms with Gasteiger partial charge in [0.25, 0.3) is 0 Å². The first-order valence-corrected chi connectivity index (χ1v) is 7.27. The first-order valence-electron chi connectivity index (χ1n) is 6.39. The summed E-state index contributed by atoms with van der Waals surface area (Å²) in [7, 11) is 0. The second-order valence-corrected chi connectivity index (χ2v) is 5.65. The van der Waals surface area contributed by atoms with Gasteiger partial charge >= 0.3 is 0 Å². The molecule has 5 nitrogen and oxygen atoms in total. The van der Waals surface area contributed by atoms with Gasteiger partial charge < -0.3 is 10.3 Å². The van der Waals surface area contributed by atoms with E-state index in [1.165, 1.54) is 19.3 Å². The van der Waals surface area contributed by atoms with Crippen LogP contribution in [0.3, 0.4) is 0 Å². The van der Waals surface area contributed by atoms with E-state index in [2.05, 4.69) is 19.7 Å². The first kappa shape index (κ1) is 11.8. The van der Waals surface area contributed by atoms with Gasteiger partial charge in [-0.3, -0.25) is 0 Å². The molecule has 0 aliphatic carbocycles. The molecule has 0 radical (unpaired) electrons. The predicted molar refractivity (Wildman–Crippen MR) is 71.3 cm³/mol. The number of fused-ring (bicyclic) bond motifs is 1. The van der Waals surface area contributed by atoms with E-state index in [1.54, 1.807) is 11.3 Å². The number of hydrogen-bond donors (Lipinski definition) is 1. The van der Waals surface area contributed by atoms with Crippen LogP contribution in [0.4, 0.5) is 0 Å². The first-order chi connectivity index (χ1) is 8.75. The molecule has 0 aromatic carbocycles. The summed E-state index contributed by atoms with van der Waals surface area (Å²) in [5.41, 5.74) is 6.76. The van der Waals surface area contributed by atoms with Crippen LogP contribution < -0.4 is 5.73 Å². The summed E-state index contributed by atoms with van der Waals surface area (Å²) in [6, 6.07) is -0.0183. The normalized spacial score (nSPS) is 17.2. The Kier molecular flexibility index (Phi) is 3.13. The molecule has 2 N–H and O–H groups in total. The largest absolute Gasteiger partial charge is 0.322 e. The summed E-state index contributed by atoms with van der Waals surface area (Å²) in [6.45, 7) is 2.95. The Hall–Kier alpha value is -1.27. The quantitative estimate of drug-likeness (QED) is 0.901. The lowest BCUT2D eigenvalue weighted by Gasteiger charge is -2.04. The molecule has 0 saturated carbocycles. The maximum Gasteiger partial charge on any atom is 0.183 e. The van der Waals surface area contributed by atoms with Crippen LogP contribution in [0.1, 0.15) is 43.1 Å². The van der Waals surface area contributed by atoms with Crippen molar-refractivity contribution in [1.29, 1.82) is 0 Å². The Morgan fingerprint density at radius 2 is 2.22 bits per heavy atom. The molecule has 0 spiro atoms. The summed E-state index contributed by atoms with van der Waals surface area (Å²) in [5, 5.41) is 11.6. The molecular formula is C12H17N5S. The smallest absolute Gasteiger partial charge is 0.183 e. The average Bonchev–Trinajstić information content (AvgIpc) is 2.91. The minimum Gasteiger partial charge on any atom is -0.322 e. The fourth-order valence-corrected chi connectivity index (χ4v) is 3.03. The third kappa shape index (κ3) is 2.06. The predicted octanol–water partition coefficient (Wildman–Crippen LogP) is 2.15. The van der Waals surface area contributed by atoms with Crippen LogP contribution in [0.25, 0.3) is 11.5 Å². The van der Waals surface area contributed by atoms with E-state index in [0.717, 1.165) is 35.3 Å². The van der Waals surface area contributed by atoms with E-state index < -0.39 is 0 Å². The molecule has 3 rings (SSSR count). The molecule has 6 heteroatoms. The van der Waals surface area contributed by atoms with Crippen molar-refractivity contribution in [1.82, 2.24) is 19.7 Å². The van der Waals surface area contributed by atoms with Crippen LogP contribution in [0, 0.1) is 0 Å². The van der Waals surface area contributed by atoms with Crippen LogP contribution in [0.5, 0.6) is 0 Å². The molecule has 0 amide bonds. The molecule has 0 bridgehead atoms. The molecule has 3 heterocycles. The Labute approximate surface area is 110 Å². The number of aryl methyl sites for hydroxylation is 1. The summed E-state index contributed by atoms with van der Waals surface area (Å²) in [4.78, 5) is 4.56. The SMILES string of the molecule is CC(N)c1nc(-c2nnc3n2CCCCC3)cs1. The monoisotopic (exact) mass is 263 g/mol. The van der Waals surface area contributed by atoms with E-state index in [0.29, 0.717) is 0 Å². The van der Waals surface area contributed by atoms with Gasteiger partial charge in [0.15, 0.2) is 5.82 Å². The van der Waals surface area contributed by atoms with E-state index >= 15 is 0 Å². The third-order valence-electron chi connectivity index (χ3n) is 3.25. The fraction of sp³-hybridized carbons (Fsp3) is 0.583. The fourth-order valence-electron chi connectivity index (χ4n) is 2.27. The van der Waals surface area contributed by atoms with E-state index in [-0.39, 0.29) is 6.04 Å². The zero-order valence-corrected chi connectivity index (χ0v) is 11.3. The van der Waals surface area contributed by atoms with E-state index in [9.17, 15) is 0 Å². The number of hydrogen-bond acceptors (Lipinski definition) is 5. The van der Waals surface area contributed by atoms with Crippen LogP contribution in [-0.2, 0) is 13.0 Å². The van der Waals surface area contributed by atoms with Crippen LogP contribution in [0.2, 0.25) is 0 Å². The van der Waals surface area contributed by atoms with Crippen molar-refractivity contribution in [2.75, 3.05) is 0 Å². The Morgan fingerprint density at radius 1 is 1.33 bits per heavy atom. The van der Waals surface area contributed by atoms with Gasteiger partial charge in [-0.15, -0.1) is 21.5 Å². The van der Waals surface area contributed by atoms with Gasteiger partial charge in [0, 0.05) is 18.3 Å². The number of rotatable bonds is 2. The van der Waals surface area contributed by atoms with Gasteiger partial charge in [-0.05, 0) is 19.8 Å². The Bertz CT molecular complexity index is 542. The molecule has 1 aliphatic heterocycles. The zero-order valence-electron chi connectivity index (χ0n) is 10.5. The lowest BCUT2D eigenvalue weighted by Crippen LogP contribution is -2.05. The molecular weight excluding hydrogens is 246 g/mol. The van der Waals surface area contributed by atoms with Crippen molar-refractivity contribution < 1.29 is 0 Å². The van der Waals surface area contributed by atoms with Gasteiger partial charge in [-0.1, -0.05) is 6.42 Å². The van der Waals surface area contributed by atoms with Crippen LogP contribution >= 0.6 is 11.3 Å². The highest BCUT2D eigenvalue weighted by Crippen LogP contribution is 2.25. The van der Waals surface area contributed by atoms with Gasteiger partial charge in [0.1, 0.15) is 16.5 Å². The molecule has 18 heavy (non-hydrogen) atoms. The Morgan fingerprint density at radius 3 is 3.00 bits per heavy atom. The number of nitrogens with zero attached hydrogens (tertiary/aromatic N) is 4. The van der Waals surface area contributed by atoms with Crippen molar-refractivity contribution in [2.24, 2.45) is 5.73 Å². The summed E-state index contributed by atoms with van der Waals surface area (Å²) in [5.74, 6) is 1.99. The van der Waals surface area contributed by atoms with Crippen LogP contribution in [-0.4, -0.2) is 19.7 Å². The van der Waals surface area contributed by atoms with Gasteiger partial charge in [-0.25, -0.2) is 4.98 Å². The molecule has 1 atom stereocenters. The molecule has 1 unspecified atom stereocenters. The Balaban J connectivity index is 1.98. The number of thiazole rings is 1. The van der Waals surface area contributed by atoms with Crippen molar-refractivity contribution in [2.45, 2.75) is 45.2 Å².